The van der Waals surface area contributed by atoms with Gasteiger partial charge < -0.3 is 10.0 Å². The Morgan fingerprint density at radius 3 is 2.13 bits per heavy atom. The van der Waals surface area contributed by atoms with E-state index in [0.29, 0.717) is 22.3 Å². The molecule has 1 aromatic heterocycles. The molecule has 0 saturated carbocycles. The first kappa shape index (κ1) is 25.1. The predicted octanol–water partition coefficient (Wildman–Crippen LogP) is 5.86. The smallest absolute Gasteiger partial charge is 0.327 e. The zero-order valence-electron chi connectivity index (χ0n) is 20.5. The number of aliphatic carboxylic acids is 1. The van der Waals surface area contributed by atoms with E-state index < -0.39 is 35.8 Å². The average molecular weight is 521 g/mol. The lowest BCUT2D eigenvalue weighted by atomic mass is 9.78. The van der Waals surface area contributed by atoms with Crippen molar-refractivity contribution in [2.75, 3.05) is 0 Å². The van der Waals surface area contributed by atoms with E-state index in [2.05, 4.69) is 6.07 Å². The van der Waals surface area contributed by atoms with Gasteiger partial charge in [0.05, 0.1) is 23.6 Å². The number of amides is 1. The summed E-state index contributed by atoms with van der Waals surface area (Å²) in [6.07, 6.45) is 0. The Balaban J connectivity index is 1.75. The first-order valence-electron chi connectivity index (χ1n) is 12.2. The normalized spacial score (nSPS) is 20.6. The molecule has 1 aliphatic rings. The zero-order valence-corrected chi connectivity index (χ0v) is 21.3. The van der Waals surface area contributed by atoms with Gasteiger partial charge in [0.1, 0.15) is 6.04 Å². The summed E-state index contributed by atoms with van der Waals surface area (Å²) in [6, 6.07) is 26.0. The van der Waals surface area contributed by atoms with Gasteiger partial charge >= 0.3 is 5.97 Å². The van der Waals surface area contributed by atoms with Gasteiger partial charge in [-0.15, -0.1) is 11.3 Å². The Labute approximate surface area is 224 Å². The van der Waals surface area contributed by atoms with Crippen molar-refractivity contribution in [1.82, 2.24) is 4.90 Å². The van der Waals surface area contributed by atoms with Gasteiger partial charge in [-0.3, -0.25) is 9.59 Å². The molecule has 1 saturated heterocycles. The van der Waals surface area contributed by atoms with Crippen molar-refractivity contribution in [2.45, 2.75) is 24.9 Å². The fourth-order valence-electron chi connectivity index (χ4n) is 5.32. The highest BCUT2D eigenvalue weighted by Crippen LogP contribution is 2.52. The van der Waals surface area contributed by atoms with Gasteiger partial charge in [0, 0.05) is 21.9 Å². The topological polar surface area (TPSA) is 98.5 Å². The Hall–Kier alpha value is -4.54. The molecule has 7 heteroatoms. The predicted molar refractivity (Wildman–Crippen MR) is 144 cm³/mol. The molecule has 0 radical (unpaired) electrons. The molecule has 0 aliphatic carbocycles. The van der Waals surface area contributed by atoms with Crippen LogP contribution in [-0.4, -0.2) is 33.7 Å². The summed E-state index contributed by atoms with van der Waals surface area (Å²) in [7, 11) is 0. The minimum Gasteiger partial charge on any atom is -0.480 e. The van der Waals surface area contributed by atoms with E-state index in [4.69, 9.17) is 0 Å². The summed E-state index contributed by atoms with van der Waals surface area (Å²) >= 11 is 1.38. The maximum absolute atomic E-state index is 14.3. The fraction of sp³-hybridized carbons (Fsp3) is 0.161. The molecular weight excluding hydrogens is 496 g/mol. The molecule has 1 aliphatic heterocycles. The third-order valence-electron chi connectivity index (χ3n) is 7.07. The van der Waals surface area contributed by atoms with Gasteiger partial charge in [0.2, 0.25) is 0 Å². The molecular formula is C31H24N2O4S. The molecule has 3 aromatic carbocycles. The van der Waals surface area contributed by atoms with Gasteiger partial charge in [-0.2, -0.15) is 5.26 Å². The maximum atomic E-state index is 14.3. The highest BCUT2D eigenvalue weighted by Gasteiger charge is 2.58. The number of ketones is 1. The SMILES string of the molecule is Cc1ccc(C(=O)C2C(c3cccs3)C(C(=O)O)N(C(=O)c3ccccc3)C2c2ccc(C#N)cc2)cc1. The third kappa shape index (κ3) is 4.51. The van der Waals surface area contributed by atoms with Crippen molar-refractivity contribution in [3.8, 4) is 6.07 Å². The van der Waals surface area contributed by atoms with Crippen LogP contribution < -0.4 is 0 Å². The minimum atomic E-state index is -1.28. The van der Waals surface area contributed by atoms with Gasteiger partial charge in [0.25, 0.3) is 5.91 Å². The second kappa shape index (κ2) is 10.4. The summed E-state index contributed by atoms with van der Waals surface area (Å²) in [5.74, 6) is -3.50. The van der Waals surface area contributed by atoms with Crippen molar-refractivity contribution in [2.24, 2.45) is 5.92 Å². The second-order valence-electron chi connectivity index (χ2n) is 9.34. The summed E-state index contributed by atoms with van der Waals surface area (Å²) in [5.41, 5.74) is 2.82. The number of nitriles is 1. The zero-order chi connectivity index (χ0) is 26.8. The number of thiophene rings is 1. The minimum absolute atomic E-state index is 0.229. The molecule has 38 heavy (non-hydrogen) atoms. The van der Waals surface area contributed by atoms with Gasteiger partial charge in [-0.05, 0) is 48.2 Å². The van der Waals surface area contributed by atoms with Crippen LogP contribution in [0.1, 0.15) is 54.2 Å². The average Bonchev–Trinajstić information content (AvgIpc) is 3.60. The Morgan fingerprint density at radius 2 is 1.55 bits per heavy atom. The van der Waals surface area contributed by atoms with Crippen LogP contribution in [0.4, 0.5) is 0 Å². The van der Waals surface area contributed by atoms with Crippen LogP contribution in [-0.2, 0) is 4.79 Å². The number of likely N-dealkylation sites (tertiary alicyclic amines) is 1. The molecule has 1 amide bonds. The summed E-state index contributed by atoms with van der Waals surface area (Å²) in [6.45, 7) is 1.93. The summed E-state index contributed by atoms with van der Waals surface area (Å²) in [4.78, 5) is 43.3. The molecule has 0 bridgehead atoms. The van der Waals surface area contributed by atoms with Gasteiger partial charge in [-0.1, -0.05) is 66.2 Å². The Kier molecular flexibility index (Phi) is 6.91. The number of hydrogen-bond donors (Lipinski definition) is 1. The molecule has 1 fully saturated rings. The second-order valence-corrected chi connectivity index (χ2v) is 10.3. The highest BCUT2D eigenvalue weighted by atomic mass is 32.1. The van der Waals surface area contributed by atoms with E-state index in [9.17, 15) is 24.8 Å². The number of carbonyl (C=O) groups excluding carboxylic acids is 2. The van der Waals surface area contributed by atoms with Crippen LogP contribution in [0.5, 0.6) is 0 Å². The Morgan fingerprint density at radius 1 is 0.868 bits per heavy atom. The molecule has 5 rings (SSSR count). The largest absolute Gasteiger partial charge is 0.480 e. The standard InChI is InChI=1S/C31H24N2O4S/c1-19-9-13-22(14-10-19)29(34)26-25(24-8-5-17-38-24)28(31(36)37)33(30(35)23-6-3-2-4-7-23)27(26)21-15-11-20(18-32)12-16-21/h2-17,25-28H,1H3,(H,36,37). The van der Waals surface area contributed by atoms with Crippen LogP contribution in [0.3, 0.4) is 0 Å². The van der Waals surface area contributed by atoms with Crippen molar-refractivity contribution in [1.29, 1.82) is 5.26 Å². The van der Waals surface area contributed by atoms with Crippen LogP contribution in [0.2, 0.25) is 0 Å². The van der Waals surface area contributed by atoms with E-state index in [1.165, 1.54) is 16.2 Å². The highest BCUT2D eigenvalue weighted by molar-refractivity contribution is 7.10. The van der Waals surface area contributed by atoms with Crippen LogP contribution in [0.25, 0.3) is 0 Å². The third-order valence-corrected chi connectivity index (χ3v) is 8.04. The quantitative estimate of drug-likeness (QED) is 0.321. The van der Waals surface area contributed by atoms with Gasteiger partial charge in [0.15, 0.2) is 5.78 Å². The Bertz CT molecular complexity index is 1510. The van der Waals surface area contributed by atoms with Crippen molar-refractivity contribution < 1.29 is 19.5 Å². The monoisotopic (exact) mass is 520 g/mol. The lowest BCUT2D eigenvalue weighted by Crippen LogP contribution is -2.43. The van der Waals surface area contributed by atoms with Crippen LogP contribution in [0.15, 0.2) is 96.4 Å². The molecule has 6 nitrogen and oxygen atoms in total. The lowest BCUT2D eigenvalue weighted by Gasteiger charge is -2.30. The number of carboxylic acids is 1. The fourth-order valence-corrected chi connectivity index (χ4v) is 6.22. The number of benzene rings is 3. The summed E-state index contributed by atoms with van der Waals surface area (Å²) < 4.78 is 0. The number of carbonyl (C=O) groups is 3. The first-order chi connectivity index (χ1) is 18.4. The lowest BCUT2D eigenvalue weighted by molar-refractivity contribution is -0.142. The molecule has 1 N–H and O–H groups in total. The van der Waals surface area contributed by atoms with Crippen LogP contribution >= 0.6 is 11.3 Å². The number of rotatable bonds is 6. The number of hydrogen-bond acceptors (Lipinski definition) is 5. The molecule has 2 heterocycles. The number of Topliss-reactive ketones (excluding diaryl/α,β-unsaturated/α-hetero) is 1. The molecule has 4 atom stereocenters. The maximum Gasteiger partial charge on any atom is 0.327 e. The van der Waals surface area contributed by atoms with E-state index >= 15 is 0 Å². The first-order valence-corrected chi connectivity index (χ1v) is 13.0. The van der Waals surface area contributed by atoms with Crippen molar-refractivity contribution in [3.63, 3.8) is 0 Å². The van der Waals surface area contributed by atoms with Crippen molar-refractivity contribution >= 4 is 29.0 Å². The molecule has 4 unspecified atom stereocenters. The van der Waals surface area contributed by atoms with E-state index in [1.54, 1.807) is 66.7 Å². The van der Waals surface area contributed by atoms with E-state index in [1.807, 2.05) is 36.6 Å². The molecule has 0 spiro atoms. The number of aryl methyl sites for hydroxylation is 1. The van der Waals surface area contributed by atoms with Crippen molar-refractivity contribution in [3.05, 3.63) is 129 Å². The molecule has 4 aromatic rings. The van der Waals surface area contributed by atoms with E-state index in [-0.39, 0.29) is 5.78 Å². The number of carboxylic acid groups (broad SMARTS) is 1. The van der Waals surface area contributed by atoms with E-state index in [0.717, 1.165) is 10.4 Å². The number of nitrogens with zero attached hydrogens (tertiary/aromatic N) is 2. The molecule has 188 valence electrons. The van der Waals surface area contributed by atoms with Gasteiger partial charge in [-0.25, -0.2) is 4.79 Å². The van der Waals surface area contributed by atoms with Crippen LogP contribution in [0, 0.1) is 24.2 Å². The summed E-state index contributed by atoms with van der Waals surface area (Å²) in [5, 5.41) is 21.7.